The first-order valence-corrected chi connectivity index (χ1v) is 6.34. The van der Waals surface area contributed by atoms with Crippen LogP contribution in [0.4, 0.5) is 0 Å². The SMILES string of the molecule is CCCC1(C(=O)OC(C)(C)C)CCCNC1. The number of esters is 1. The van der Waals surface area contributed by atoms with Gasteiger partial charge in [-0.25, -0.2) is 0 Å². The second-order valence-electron chi connectivity index (χ2n) is 5.81. The summed E-state index contributed by atoms with van der Waals surface area (Å²) < 4.78 is 5.55. The van der Waals surface area contributed by atoms with Crippen molar-refractivity contribution in [3.8, 4) is 0 Å². The largest absolute Gasteiger partial charge is 0.460 e. The van der Waals surface area contributed by atoms with Crippen molar-refractivity contribution in [1.82, 2.24) is 5.32 Å². The molecular formula is C13H25NO2. The molecule has 0 aromatic heterocycles. The number of hydrogen-bond donors (Lipinski definition) is 1. The van der Waals surface area contributed by atoms with E-state index in [9.17, 15) is 4.79 Å². The van der Waals surface area contributed by atoms with Crippen LogP contribution in [-0.2, 0) is 9.53 Å². The highest BCUT2D eigenvalue weighted by Gasteiger charge is 2.41. The van der Waals surface area contributed by atoms with Crippen LogP contribution in [0.3, 0.4) is 0 Å². The maximum atomic E-state index is 12.3. The Hall–Kier alpha value is -0.570. The second-order valence-corrected chi connectivity index (χ2v) is 5.81. The molecule has 3 nitrogen and oxygen atoms in total. The number of hydrogen-bond acceptors (Lipinski definition) is 3. The third-order valence-electron chi connectivity index (χ3n) is 3.03. The minimum Gasteiger partial charge on any atom is -0.460 e. The summed E-state index contributed by atoms with van der Waals surface area (Å²) in [5.41, 5.74) is -0.657. The van der Waals surface area contributed by atoms with Crippen molar-refractivity contribution in [1.29, 1.82) is 0 Å². The van der Waals surface area contributed by atoms with Crippen molar-refractivity contribution in [3.05, 3.63) is 0 Å². The van der Waals surface area contributed by atoms with E-state index in [1.54, 1.807) is 0 Å². The number of rotatable bonds is 3. The Morgan fingerprint density at radius 2 is 2.12 bits per heavy atom. The van der Waals surface area contributed by atoms with Gasteiger partial charge in [0, 0.05) is 6.54 Å². The molecule has 1 fully saturated rings. The van der Waals surface area contributed by atoms with Gasteiger partial charge in [0.1, 0.15) is 5.60 Å². The smallest absolute Gasteiger partial charge is 0.313 e. The molecule has 1 aliphatic rings. The van der Waals surface area contributed by atoms with Crippen LogP contribution >= 0.6 is 0 Å². The number of carbonyl (C=O) groups is 1. The Morgan fingerprint density at radius 3 is 2.56 bits per heavy atom. The predicted molar refractivity (Wildman–Crippen MR) is 65.3 cm³/mol. The molecule has 16 heavy (non-hydrogen) atoms. The van der Waals surface area contributed by atoms with Crippen LogP contribution in [0.5, 0.6) is 0 Å². The van der Waals surface area contributed by atoms with E-state index in [-0.39, 0.29) is 17.0 Å². The average Bonchev–Trinajstić information content (AvgIpc) is 2.17. The molecular weight excluding hydrogens is 202 g/mol. The first kappa shape index (κ1) is 13.5. The molecule has 3 heteroatoms. The molecule has 94 valence electrons. The Labute approximate surface area is 98.9 Å². The van der Waals surface area contributed by atoms with E-state index >= 15 is 0 Å². The monoisotopic (exact) mass is 227 g/mol. The fourth-order valence-electron chi connectivity index (χ4n) is 2.32. The van der Waals surface area contributed by atoms with Gasteiger partial charge in [-0.2, -0.15) is 0 Å². The fourth-order valence-corrected chi connectivity index (χ4v) is 2.32. The highest BCUT2D eigenvalue weighted by atomic mass is 16.6. The van der Waals surface area contributed by atoms with Gasteiger partial charge in [-0.05, 0) is 46.6 Å². The zero-order valence-electron chi connectivity index (χ0n) is 11.1. The van der Waals surface area contributed by atoms with Crippen molar-refractivity contribution < 1.29 is 9.53 Å². The summed E-state index contributed by atoms with van der Waals surface area (Å²) in [6.45, 7) is 9.72. The van der Waals surface area contributed by atoms with Crippen molar-refractivity contribution in [2.75, 3.05) is 13.1 Å². The maximum absolute atomic E-state index is 12.3. The van der Waals surface area contributed by atoms with Crippen LogP contribution < -0.4 is 5.32 Å². The fraction of sp³-hybridized carbons (Fsp3) is 0.923. The summed E-state index contributed by atoms with van der Waals surface area (Å²) in [5, 5.41) is 3.33. The number of ether oxygens (including phenoxy) is 1. The van der Waals surface area contributed by atoms with E-state index in [1.807, 2.05) is 20.8 Å². The van der Waals surface area contributed by atoms with E-state index in [2.05, 4.69) is 12.2 Å². The Morgan fingerprint density at radius 1 is 1.44 bits per heavy atom. The van der Waals surface area contributed by atoms with Gasteiger partial charge in [-0.3, -0.25) is 4.79 Å². The van der Waals surface area contributed by atoms with Crippen molar-refractivity contribution in [2.45, 2.75) is 59.0 Å². The summed E-state index contributed by atoms with van der Waals surface area (Å²) in [7, 11) is 0. The van der Waals surface area contributed by atoms with Gasteiger partial charge in [0.2, 0.25) is 0 Å². The van der Waals surface area contributed by atoms with Crippen LogP contribution in [0.2, 0.25) is 0 Å². The van der Waals surface area contributed by atoms with Gasteiger partial charge in [0.25, 0.3) is 0 Å². The second kappa shape index (κ2) is 5.17. The summed E-state index contributed by atoms with van der Waals surface area (Å²) in [6, 6.07) is 0. The molecule has 0 bridgehead atoms. The standard InChI is InChI=1S/C13H25NO2/c1-5-7-13(8-6-9-14-10-13)11(15)16-12(2,3)4/h14H,5-10H2,1-4H3. The molecule has 0 aromatic rings. The van der Waals surface area contributed by atoms with Crippen molar-refractivity contribution >= 4 is 5.97 Å². The third-order valence-corrected chi connectivity index (χ3v) is 3.03. The first-order chi connectivity index (χ1) is 7.40. The molecule has 0 amide bonds. The third kappa shape index (κ3) is 3.48. The molecule has 1 heterocycles. The molecule has 0 aliphatic carbocycles. The number of carbonyl (C=O) groups excluding carboxylic acids is 1. The molecule has 0 radical (unpaired) electrons. The molecule has 1 atom stereocenters. The van der Waals surface area contributed by atoms with Gasteiger partial charge < -0.3 is 10.1 Å². The minimum atomic E-state index is -0.380. The molecule has 1 rings (SSSR count). The number of nitrogens with one attached hydrogen (secondary N) is 1. The normalized spacial score (nSPS) is 26.5. The Balaban J connectivity index is 2.72. The van der Waals surface area contributed by atoms with Crippen LogP contribution in [0, 0.1) is 5.41 Å². The summed E-state index contributed by atoms with van der Waals surface area (Å²) >= 11 is 0. The molecule has 1 N–H and O–H groups in total. The maximum Gasteiger partial charge on any atom is 0.313 e. The van der Waals surface area contributed by atoms with Crippen LogP contribution in [-0.4, -0.2) is 24.7 Å². The van der Waals surface area contributed by atoms with Crippen molar-refractivity contribution in [3.63, 3.8) is 0 Å². The lowest BCUT2D eigenvalue weighted by molar-refractivity contribution is -0.169. The van der Waals surface area contributed by atoms with Gasteiger partial charge in [-0.15, -0.1) is 0 Å². The molecule has 1 saturated heterocycles. The Bertz CT molecular complexity index is 231. The predicted octanol–water partition coefficient (Wildman–Crippen LogP) is 2.50. The van der Waals surface area contributed by atoms with Gasteiger partial charge in [0.05, 0.1) is 5.41 Å². The van der Waals surface area contributed by atoms with Gasteiger partial charge >= 0.3 is 5.97 Å². The summed E-state index contributed by atoms with van der Waals surface area (Å²) in [6.07, 6.45) is 3.98. The summed E-state index contributed by atoms with van der Waals surface area (Å²) in [4.78, 5) is 12.3. The van der Waals surface area contributed by atoms with E-state index in [0.29, 0.717) is 0 Å². The zero-order chi connectivity index (χ0) is 12.2. The molecule has 0 aromatic carbocycles. The van der Waals surface area contributed by atoms with E-state index in [1.165, 1.54) is 0 Å². The minimum absolute atomic E-state index is 0.0194. The quantitative estimate of drug-likeness (QED) is 0.753. The molecule has 0 saturated carbocycles. The average molecular weight is 227 g/mol. The Kier molecular flexibility index (Phi) is 4.36. The molecule has 1 unspecified atom stereocenters. The van der Waals surface area contributed by atoms with Gasteiger partial charge in [0.15, 0.2) is 0 Å². The van der Waals surface area contributed by atoms with Gasteiger partial charge in [-0.1, -0.05) is 13.3 Å². The highest BCUT2D eigenvalue weighted by molar-refractivity contribution is 5.77. The first-order valence-electron chi connectivity index (χ1n) is 6.34. The van der Waals surface area contributed by atoms with Crippen LogP contribution in [0.1, 0.15) is 53.4 Å². The lowest BCUT2D eigenvalue weighted by Gasteiger charge is -2.37. The lowest BCUT2D eigenvalue weighted by Crippen LogP contribution is -2.48. The lowest BCUT2D eigenvalue weighted by atomic mass is 9.77. The van der Waals surface area contributed by atoms with E-state index < -0.39 is 0 Å². The van der Waals surface area contributed by atoms with Crippen LogP contribution in [0.15, 0.2) is 0 Å². The summed E-state index contributed by atoms with van der Waals surface area (Å²) in [5.74, 6) is -0.0194. The molecule has 0 spiro atoms. The van der Waals surface area contributed by atoms with Crippen molar-refractivity contribution in [2.24, 2.45) is 5.41 Å². The zero-order valence-corrected chi connectivity index (χ0v) is 11.1. The van der Waals surface area contributed by atoms with Crippen LogP contribution in [0.25, 0.3) is 0 Å². The highest BCUT2D eigenvalue weighted by Crippen LogP contribution is 2.34. The topological polar surface area (TPSA) is 38.3 Å². The van der Waals surface area contributed by atoms with E-state index in [0.717, 1.165) is 38.8 Å². The molecule has 1 aliphatic heterocycles. The van der Waals surface area contributed by atoms with E-state index in [4.69, 9.17) is 4.74 Å². The number of piperidine rings is 1.